The Hall–Kier alpha value is -2.64. The van der Waals surface area contributed by atoms with Gasteiger partial charge < -0.3 is 9.47 Å². The van der Waals surface area contributed by atoms with Gasteiger partial charge in [-0.15, -0.1) is 0 Å². The average Bonchev–Trinajstić information content (AvgIpc) is 2.59. The molecule has 0 bridgehead atoms. The Labute approximate surface area is 167 Å². The van der Waals surface area contributed by atoms with Crippen molar-refractivity contribution in [1.29, 1.82) is 5.26 Å². The van der Waals surface area contributed by atoms with Crippen LogP contribution >= 0.6 is 0 Å². The first-order valence-corrected chi connectivity index (χ1v) is 9.49. The van der Waals surface area contributed by atoms with Gasteiger partial charge in [0.15, 0.2) is 6.04 Å². The van der Waals surface area contributed by atoms with E-state index in [9.17, 15) is 9.59 Å². The van der Waals surface area contributed by atoms with Crippen molar-refractivity contribution in [3.05, 3.63) is 29.8 Å². The van der Waals surface area contributed by atoms with Crippen LogP contribution in [0.3, 0.4) is 0 Å². The highest BCUT2D eigenvalue weighted by Crippen LogP contribution is 2.36. The number of isocyanates is 1. The smallest absolute Gasteiger partial charge is 0.337 e. The van der Waals surface area contributed by atoms with E-state index in [0.717, 1.165) is 6.42 Å². The van der Waals surface area contributed by atoms with Crippen LogP contribution in [0.1, 0.15) is 65.9 Å². The van der Waals surface area contributed by atoms with E-state index in [2.05, 4.69) is 44.3 Å². The molecule has 0 aliphatic rings. The minimum atomic E-state index is -0.906. The summed E-state index contributed by atoms with van der Waals surface area (Å²) in [5.74, 6) is -0.175. The standard InChI is InChI=1S/C22H30N2O4/c1-21(2,3)14-22(4,5)17-9-11-18(12-10-17)28-20(26)19(24-16-25)8-6-7-13-27-15-23/h9-12,19H,6-8,13-14H2,1-5H3. The zero-order chi connectivity index (χ0) is 21.2. The normalized spacial score (nSPS) is 12.4. The number of hydrogen-bond acceptors (Lipinski definition) is 6. The third kappa shape index (κ3) is 8.37. The number of carbonyl (C=O) groups excluding carboxylic acids is 2. The Morgan fingerprint density at radius 3 is 2.32 bits per heavy atom. The first-order chi connectivity index (χ1) is 13.1. The van der Waals surface area contributed by atoms with Crippen LogP contribution in [0.5, 0.6) is 5.75 Å². The number of carbonyl (C=O) groups is 1. The van der Waals surface area contributed by atoms with Gasteiger partial charge in [-0.2, -0.15) is 10.3 Å². The van der Waals surface area contributed by atoms with Gasteiger partial charge in [-0.3, -0.25) is 0 Å². The lowest BCUT2D eigenvalue weighted by molar-refractivity contribution is -0.135. The van der Waals surface area contributed by atoms with Crippen molar-refractivity contribution >= 4 is 12.0 Å². The van der Waals surface area contributed by atoms with Crippen molar-refractivity contribution in [2.24, 2.45) is 10.4 Å². The van der Waals surface area contributed by atoms with Crippen LogP contribution in [0, 0.1) is 16.9 Å². The zero-order valence-electron chi connectivity index (χ0n) is 17.4. The van der Waals surface area contributed by atoms with E-state index in [4.69, 9.17) is 10.00 Å². The molecule has 0 aliphatic carbocycles. The molecule has 0 heterocycles. The SMILES string of the molecule is CC(C)(C)CC(C)(C)c1ccc(OC(=O)C(CCCCOC#N)N=C=O)cc1. The van der Waals surface area contributed by atoms with Gasteiger partial charge in [0.25, 0.3) is 6.26 Å². The number of nitrogens with zero attached hydrogens (tertiary/aromatic N) is 2. The number of rotatable bonds is 10. The monoisotopic (exact) mass is 386 g/mol. The number of unbranched alkanes of at least 4 members (excludes halogenated alkanes) is 1. The van der Waals surface area contributed by atoms with Gasteiger partial charge >= 0.3 is 5.97 Å². The molecule has 1 rings (SSSR count). The summed E-state index contributed by atoms with van der Waals surface area (Å²) >= 11 is 0. The van der Waals surface area contributed by atoms with Crippen LogP contribution in [0.2, 0.25) is 0 Å². The fourth-order valence-electron chi connectivity index (χ4n) is 3.44. The van der Waals surface area contributed by atoms with Crippen molar-refractivity contribution < 1.29 is 19.1 Å². The Bertz CT molecular complexity index is 720. The van der Waals surface area contributed by atoms with Gasteiger partial charge in [-0.25, -0.2) is 9.59 Å². The van der Waals surface area contributed by atoms with E-state index in [1.54, 1.807) is 18.4 Å². The summed E-state index contributed by atoms with van der Waals surface area (Å²) in [6, 6.07) is 6.55. The third-order valence-corrected chi connectivity index (χ3v) is 4.35. The van der Waals surface area contributed by atoms with Crippen molar-refractivity contribution in [1.82, 2.24) is 0 Å². The molecule has 0 radical (unpaired) electrons. The molecule has 0 saturated carbocycles. The maximum absolute atomic E-state index is 12.3. The number of nitriles is 1. The fraction of sp³-hybridized carbons (Fsp3) is 0.591. The van der Waals surface area contributed by atoms with E-state index >= 15 is 0 Å². The van der Waals surface area contributed by atoms with Crippen LogP contribution in [-0.2, 0) is 19.7 Å². The number of hydrogen-bond donors (Lipinski definition) is 0. The molecule has 1 aromatic carbocycles. The predicted octanol–water partition coefficient (Wildman–Crippen LogP) is 4.68. The topological polar surface area (TPSA) is 88.8 Å². The molecule has 152 valence electrons. The highest BCUT2D eigenvalue weighted by molar-refractivity contribution is 5.79. The summed E-state index contributed by atoms with van der Waals surface area (Å²) in [5, 5.41) is 8.32. The molecule has 0 amide bonds. The zero-order valence-corrected chi connectivity index (χ0v) is 17.4. The average molecular weight is 386 g/mol. The molecule has 0 saturated heterocycles. The van der Waals surface area contributed by atoms with Crippen LogP contribution in [0.25, 0.3) is 0 Å². The second-order valence-corrected chi connectivity index (χ2v) is 8.74. The van der Waals surface area contributed by atoms with E-state index < -0.39 is 12.0 Å². The minimum Gasteiger partial charge on any atom is -0.428 e. The lowest BCUT2D eigenvalue weighted by Gasteiger charge is -2.33. The molecule has 28 heavy (non-hydrogen) atoms. The Morgan fingerprint density at radius 1 is 1.14 bits per heavy atom. The molecule has 0 aromatic heterocycles. The van der Waals surface area contributed by atoms with Crippen molar-refractivity contribution in [2.45, 2.75) is 71.8 Å². The molecule has 0 aliphatic heterocycles. The number of benzene rings is 1. The summed E-state index contributed by atoms with van der Waals surface area (Å²) in [4.78, 5) is 26.5. The van der Waals surface area contributed by atoms with Gasteiger partial charge in [0.2, 0.25) is 6.08 Å². The second-order valence-electron chi connectivity index (χ2n) is 8.74. The van der Waals surface area contributed by atoms with Crippen LogP contribution in [0.4, 0.5) is 0 Å². The largest absolute Gasteiger partial charge is 0.428 e. The van der Waals surface area contributed by atoms with Crippen molar-refractivity contribution in [3.63, 3.8) is 0 Å². The van der Waals surface area contributed by atoms with E-state index in [0.29, 0.717) is 25.0 Å². The van der Waals surface area contributed by atoms with Gasteiger partial charge in [0.1, 0.15) is 12.4 Å². The van der Waals surface area contributed by atoms with Crippen LogP contribution in [0.15, 0.2) is 29.3 Å². The molecule has 0 spiro atoms. The van der Waals surface area contributed by atoms with Gasteiger partial charge in [-0.1, -0.05) is 46.8 Å². The Kier molecular flexibility index (Phi) is 8.88. The predicted molar refractivity (Wildman–Crippen MR) is 107 cm³/mol. The molecule has 0 N–H and O–H groups in total. The molecular weight excluding hydrogens is 356 g/mol. The van der Waals surface area contributed by atoms with Crippen LogP contribution < -0.4 is 4.74 Å². The van der Waals surface area contributed by atoms with Crippen LogP contribution in [-0.4, -0.2) is 24.7 Å². The fourth-order valence-corrected chi connectivity index (χ4v) is 3.44. The maximum Gasteiger partial charge on any atom is 0.337 e. The van der Waals surface area contributed by atoms with Crippen molar-refractivity contribution in [3.8, 4) is 12.0 Å². The number of ether oxygens (including phenoxy) is 2. The molecular formula is C22H30N2O4. The number of esters is 1. The highest BCUT2D eigenvalue weighted by atomic mass is 16.5. The summed E-state index contributed by atoms with van der Waals surface area (Å²) < 4.78 is 9.96. The quantitative estimate of drug-likeness (QED) is 0.145. The first kappa shape index (κ1) is 23.4. The lowest BCUT2D eigenvalue weighted by Crippen LogP contribution is -2.25. The second kappa shape index (κ2) is 10.6. The molecule has 6 nitrogen and oxygen atoms in total. The lowest BCUT2D eigenvalue weighted by atomic mass is 9.72. The van der Waals surface area contributed by atoms with Crippen molar-refractivity contribution in [2.75, 3.05) is 6.61 Å². The summed E-state index contributed by atoms with van der Waals surface area (Å²) in [6.07, 6.45) is 5.53. The van der Waals surface area contributed by atoms with Gasteiger partial charge in [0.05, 0.1) is 0 Å². The minimum absolute atomic E-state index is 0.00334. The summed E-state index contributed by atoms with van der Waals surface area (Å²) in [5.41, 5.74) is 1.37. The maximum atomic E-state index is 12.3. The molecule has 0 fully saturated rings. The van der Waals surface area contributed by atoms with E-state index in [-0.39, 0.29) is 17.4 Å². The highest BCUT2D eigenvalue weighted by Gasteiger charge is 2.27. The summed E-state index contributed by atoms with van der Waals surface area (Å²) in [6.45, 7) is 11.3. The molecule has 1 aromatic rings. The molecule has 6 heteroatoms. The Morgan fingerprint density at radius 2 is 1.79 bits per heavy atom. The van der Waals surface area contributed by atoms with Gasteiger partial charge in [-0.05, 0) is 54.2 Å². The summed E-state index contributed by atoms with van der Waals surface area (Å²) in [7, 11) is 0. The van der Waals surface area contributed by atoms with Gasteiger partial charge in [0, 0.05) is 0 Å². The first-order valence-electron chi connectivity index (χ1n) is 9.49. The molecule has 1 unspecified atom stereocenters. The van der Waals surface area contributed by atoms with E-state index in [1.165, 1.54) is 11.6 Å². The third-order valence-electron chi connectivity index (χ3n) is 4.35. The van der Waals surface area contributed by atoms with E-state index in [1.807, 2.05) is 12.1 Å². The molecule has 1 atom stereocenters. The number of aliphatic imine (C=N–C) groups is 1. The Balaban J connectivity index is 2.71.